The summed E-state index contributed by atoms with van der Waals surface area (Å²) >= 11 is 25.0. The topological polar surface area (TPSA) is 206 Å². The number of thioether (sulfide) groups is 3. The third-order valence-corrected chi connectivity index (χ3v) is 26.0. The fraction of sp³-hybridized carbons (Fsp3) is 0.378. The summed E-state index contributed by atoms with van der Waals surface area (Å²) in [6, 6.07) is 19.7. The minimum absolute atomic E-state index is 0.0146. The van der Waals surface area contributed by atoms with Gasteiger partial charge in [0, 0.05) is 174 Å². The molecule has 594 valence electrons. The second-order valence-electron chi connectivity index (χ2n) is 28.9. The molecular formula is C82H86Cl3F4N13O8S3. The van der Waals surface area contributed by atoms with Gasteiger partial charge in [0.05, 0.1) is 56.9 Å². The minimum atomic E-state index is -1.06. The van der Waals surface area contributed by atoms with Crippen LogP contribution in [0.25, 0.3) is 66.1 Å². The van der Waals surface area contributed by atoms with Gasteiger partial charge in [0.1, 0.15) is 29.1 Å². The molecule has 6 aliphatic heterocycles. The molecule has 113 heavy (non-hydrogen) atoms. The molecule has 6 aromatic carbocycles. The van der Waals surface area contributed by atoms with Gasteiger partial charge in [-0.2, -0.15) is 15.0 Å². The van der Waals surface area contributed by atoms with Crippen LogP contribution in [0.4, 0.5) is 35.0 Å². The summed E-state index contributed by atoms with van der Waals surface area (Å²) in [6.45, 7) is 28.9. The van der Waals surface area contributed by atoms with E-state index in [0.29, 0.717) is 133 Å². The molecule has 0 aliphatic carbocycles. The number of benzene rings is 6. The number of halogens is 7. The molecule has 1 N–H and O–H groups in total. The normalized spacial score (nSPS) is 20.2. The van der Waals surface area contributed by atoms with Gasteiger partial charge < -0.3 is 44.2 Å². The van der Waals surface area contributed by atoms with Crippen molar-refractivity contribution in [3.05, 3.63) is 192 Å². The third-order valence-electron chi connectivity index (χ3n) is 21.4. The van der Waals surface area contributed by atoms with Gasteiger partial charge in [-0.05, 0) is 137 Å². The van der Waals surface area contributed by atoms with E-state index in [2.05, 4.69) is 62.8 Å². The number of aromatic nitrogens is 6. The van der Waals surface area contributed by atoms with E-state index in [1.807, 2.05) is 50.5 Å². The fourth-order valence-electron chi connectivity index (χ4n) is 16.1. The number of hydrogen-bond donors (Lipinski definition) is 1. The predicted molar refractivity (Wildman–Crippen MR) is 445 cm³/mol. The highest BCUT2D eigenvalue weighted by atomic mass is 35.5. The Hall–Kier alpha value is -8.71. The monoisotopic (exact) mass is 1660 g/mol. The van der Waals surface area contributed by atoms with Gasteiger partial charge in [-0.1, -0.05) is 85.7 Å². The van der Waals surface area contributed by atoms with E-state index in [1.165, 1.54) is 54.3 Å². The molecular weight excluding hydrogens is 1570 g/mol. The first-order chi connectivity index (χ1) is 54.2. The number of nitrogens with one attached hydrogen (secondary N) is 1. The Morgan fingerprint density at radius 1 is 0.513 bits per heavy atom. The Bertz CT molecular complexity index is 5440. The zero-order valence-corrected chi connectivity index (χ0v) is 68.4. The lowest BCUT2D eigenvalue weighted by molar-refractivity contribution is -0.131. The summed E-state index contributed by atoms with van der Waals surface area (Å²) in [4.78, 5) is 105. The van der Waals surface area contributed by atoms with Crippen LogP contribution in [0.3, 0.4) is 0 Å². The van der Waals surface area contributed by atoms with E-state index < -0.39 is 17.3 Å². The van der Waals surface area contributed by atoms with E-state index in [1.54, 1.807) is 91.6 Å². The summed E-state index contributed by atoms with van der Waals surface area (Å²) < 4.78 is 72.2. The molecule has 31 heteroatoms. The van der Waals surface area contributed by atoms with Crippen molar-refractivity contribution in [1.82, 2.24) is 48.7 Å². The highest BCUT2D eigenvalue weighted by Crippen LogP contribution is 2.50. The van der Waals surface area contributed by atoms with Crippen LogP contribution in [0.5, 0.6) is 0 Å². The van der Waals surface area contributed by atoms with Crippen LogP contribution in [0.15, 0.2) is 146 Å². The van der Waals surface area contributed by atoms with Crippen LogP contribution in [0.1, 0.15) is 46.6 Å². The summed E-state index contributed by atoms with van der Waals surface area (Å²) in [5.41, 5.74) is 6.21. The summed E-state index contributed by atoms with van der Waals surface area (Å²) in [7, 11) is 3.29. The number of amides is 3. The summed E-state index contributed by atoms with van der Waals surface area (Å²) in [5, 5.41) is 6.61. The smallest absolute Gasteiger partial charge is 0.350 e. The van der Waals surface area contributed by atoms with Crippen LogP contribution in [0.2, 0.25) is 15.1 Å². The minimum Gasteiger partial charge on any atom is -0.379 e. The first-order valence-corrected chi connectivity index (χ1v) is 41.3. The molecule has 3 unspecified atom stereocenters. The Kier molecular flexibility index (Phi) is 25.3. The van der Waals surface area contributed by atoms with E-state index >= 15 is 0 Å². The van der Waals surface area contributed by atoms with Crippen LogP contribution < -0.4 is 37.1 Å². The van der Waals surface area contributed by atoms with E-state index in [-0.39, 0.29) is 98.8 Å². The van der Waals surface area contributed by atoms with Gasteiger partial charge in [-0.25, -0.2) is 31.9 Å². The molecule has 7 atom stereocenters. The molecule has 0 saturated carbocycles. The average Bonchev–Trinajstić information content (AvgIpc) is 1.70. The largest absolute Gasteiger partial charge is 0.379 e. The lowest BCUT2D eigenvalue weighted by atomic mass is 9.97. The summed E-state index contributed by atoms with van der Waals surface area (Å²) in [5.74, 6) is 0.483. The number of rotatable bonds is 14. The second kappa shape index (κ2) is 34.8. The second-order valence-corrected chi connectivity index (χ2v) is 33.2. The maximum absolute atomic E-state index is 14.5. The lowest BCUT2D eigenvalue weighted by Crippen LogP contribution is -2.58. The molecule has 3 saturated heterocycles. The Labute approximate surface area is 678 Å². The van der Waals surface area contributed by atoms with Crippen LogP contribution in [-0.4, -0.2) is 194 Å². The van der Waals surface area contributed by atoms with E-state index in [0.717, 1.165) is 84.5 Å². The molecule has 0 bridgehead atoms. The zero-order chi connectivity index (χ0) is 80.7. The third kappa shape index (κ3) is 16.4. The van der Waals surface area contributed by atoms with Crippen molar-refractivity contribution >= 4 is 138 Å². The van der Waals surface area contributed by atoms with Crippen molar-refractivity contribution < 1.29 is 41.4 Å². The van der Waals surface area contributed by atoms with Gasteiger partial charge in [0.25, 0.3) is 0 Å². The van der Waals surface area contributed by atoms with Crippen molar-refractivity contribution in [3.8, 4) is 33.4 Å². The van der Waals surface area contributed by atoms with E-state index in [4.69, 9.17) is 44.3 Å². The number of carbonyl (C=O) groups is 3. The van der Waals surface area contributed by atoms with Crippen molar-refractivity contribution in [3.63, 3.8) is 0 Å². The number of anilines is 3. The number of carbonyl (C=O) groups excluding carboxylic acids is 3. The standard InChI is InChI=1S/C29H31Cl2F2N5O2S.C27H28ClFN4O3S.C26H27FN4O3S/c1-5-7-34-17-13-37-26-19(28(35-29(37)40)36-11-15(3)38(16(4)12-36)24(39)6-2)8-21(31)25(27(26)41-14-17)18-9-22(32)23(33)10-20(18)30;1-5-22(34)33-15(2)11-31(12-16(33)3)26-20-10-21(28)23(17-6-8-18(29)9-7-17)25-24(20)32(27(35)30-26)13-19(36-4)14-37-25;1-4-21(32)29-9-11-30(12-10-29)25-20-13-16(2)22(17-5-7-18(27)8-6-17)24-23(20)31(26(33)28-25)14-19(34-3)15-35-24/h6,8-10,15-17,34H,2,5,7,11-14H2,1,3-4H3;5-10,15-16,19H,1,11-14H2,2-4H3;4-8,13,19H,1,9-12,14-15H2,2-3H3/t15-,16+,17?;15-,16+,19?;. The van der Waals surface area contributed by atoms with Crippen LogP contribution in [0, 0.1) is 30.2 Å². The van der Waals surface area contributed by atoms with Crippen molar-refractivity contribution in [2.24, 2.45) is 0 Å². The van der Waals surface area contributed by atoms with Gasteiger partial charge in [0.2, 0.25) is 17.7 Å². The Morgan fingerprint density at radius 3 is 1.36 bits per heavy atom. The maximum Gasteiger partial charge on any atom is 0.350 e. The highest BCUT2D eigenvalue weighted by molar-refractivity contribution is 8.00. The number of nitrogens with zero attached hydrogens (tertiary/aromatic N) is 12. The number of ether oxygens (including phenoxy) is 2. The SMILES string of the molecule is C=CC(=O)N1CCN(c2nc(=O)n3c4c(c(-c5ccc(F)cc5)c(C)cc24)SCC(OC)C3)CC1.C=CC(=O)N1[C@H](C)CN(c2nc(=O)n3c4c(c(-c5cc(F)c(F)cc5Cl)c(Cl)cc24)SCC(NCCC)C3)C[C@@H]1C.C=CC(=O)N1[C@H](C)CN(c2nc(=O)n3c4c(c(-c5ccc(F)cc5)c(Cl)cc24)SCC(OC)C3)C[C@@H]1C. The van der Waals surface area contributed by atoms with Crippen molar-refractivity contribution in [1.29, 1.82) is 0 Å². The number of piperazine rings is 3. The highest BCUT2D eigenvalue weighted by Gasteiger charge is 2.39. The molecule has 9 aromatic rings. The first kappa shape index (κ1) is 82.3. The Morgan fingerprint density at radius 2 is 0.912 bits per heavy atom. The molecule has 0 spiro atoms. The summed E-state index contributed by atoms with van der Waals surface area (Å²) in [6.07, 6.45) is 4.56. The predicted octanol–water partition coefficient (Wildman–Crippen LogP) is 13.8. The maximum atomic E-state index is 14.5. The number of aryl methyl sites for hydroxylation is 1. The van der Waals surface area contributed by atoms with Gasteiger partial charge in [0.15, 0.2) is 11.6 Å². The van der Waals surface area contributed by atoms with Crippen LogP contribution >= 0.6 is 70.1 Å². The number of hydrogen-bond acceptors (Lipinski definition) is 18. The number of methoxy groups -OCH3 is 2. The molecule has 0 radical (unpaired) electrons. The average molecular weight is 1660 g/mol. The molecule has 3 fully saturated rings. The lowest BCUT2D eigenvalue weighted by Gasteiger charge is -2.44. The first-order valence-electron chi connectivity index (χ1n) is 37.2. The van der Waals surface area contributed by atoms with Crippen molar-refractivity contribution in [2.45, 2.75) is 125 Å². The molecule has 3 aromatic heterocycles. The Balaban J connectivity index is 0.000000149. The van der Waals surface area contributed by atoms with Gasteiger partial charge in [-0.3, -0.25) is 28.1 Å². The zero-order valence-electron chi connectivity index (χ0n) is 63.7. The van der Waals surface area contributed by atoms with Crippen molar-refractivity contribution in [2.75, 3.05) is 105 Å². The molecule has 21 nitrogen and oxygen atoms in total. The fourth-order valence-corrected chi connectivity index (χ4v) is 21.1. The van der Waals surface area contributed by atoms with Gasteiger partial charge >= 0.3 is 17.1 Å². The quantitative estimate of drug-likeness (QED) is 0.0610. The van der Waals surface area contributed by atoms with Crippen LogP contribution in [-0.2, 0) is 43.5 Å². The molecule has 3 amide bonds. The molecule has 6 aliphatic rings. The molecule has 9 heterocycles. The van der Waals surface area contributed by atoms with E-state index in [9.17, 15) is 46.3 Å². The van der Waals surface area contributed by atoms with Gasteiger partial charge in [-0.15, -0.1) is 35.3 Å². The molecule has 15 rings (SSSR count).